The van der Waals surface area contributed by atoms with Gasteiger partial charge in [0, 0.05) is 33.4 Å². The van der Waals surface area contributed by atoms with E-state index in [-0.39, 0.29) is 5.78 Å². The van der Waals surface area contributed by atoms with Gasteiger partial charge >= 0.3 is 5.97 Å². The van der Waals surface area contributed by atoms with Crippen LogP contribution in [0.5, 0.6) is 0 Å². The number of hydrogen-bond acceptors (Lipinski definition) is 3. The lowest BCUT2D eigenvalue weighted by Crippen LogP contribution is -2.41. The molecule has 0 heterocycles. The van der Waals surface area contributed by atoms with Gasteiger partial charge in [0.05, 0.1) is 0 Å². The van der Waals surface area contributed by atoms with Gasteiger partial charge in [-0.2, -0.15) is 0 Å². The quantitative estimate of drug-likeness (QED) is 0.508. The summed E-state index contributed by atoms with van der Waals surface area (Å²) >= 11 is 0. The highest BCUT2D eigenvalue weighted by Gasteiger charge is 2.48. The second kappa shape index (κ2) is 6.36. The normalized spacial score (nSPS) is 14.0. The Kier molecular flexibility index (Phi) is 4.00. The number of carbonyl (C=O) groups excluding carboxylic acids is 2. The lowest BCUT2D eigenvalue weighted by atomic mass is 9.70. The summed E-state index contributed by atoms with van der Waals surface area (Å²) in [6.07, 6.45) is 0. The molecule has 1 aliphatic carbocycles. The molecule has 3 heteroatoms. The topological polar surface area (TPSA) is 43.4 Å². The van der Waals surface area contributed by atoms with Crippen molar-refractivity contribution in [2.75, 3.05) is 0 Å². The Morgan fingerprint density at radius 2 is 1.30 bits per heavy atom. The highest BCUT2D eigenvalue weighted by molar-refractivity contribution is 6.13. The van der Waals surface area contributed by atoms with Crippen LogP contribution in [-0.2, 0) is 15.1 Å². The molecule has 0 saturated heterocycles. The van der Waals surface area contributed by atoms with Crippen LogP contribution in [0.3, 0.4) is 0 Å². The van der Waals surface area contributed by atoms with E-state index in [4.69, 9.17) is 4.74 Å². The molecule has 132 valence electrons. The third kappa shape index (κ3) is 2.51. The van der Waals surface area contributed by atoms with Crippen molar-refractivity contribution in [3.8, 4) is 0 Å². The fourth-order valence-electron chi connectivity index (χ4n) is 3.65. The smallest absolute Gasteiger partial charge is 0.334 e. The van der Waals surface area contributed by atoms with Gasteiger partial charge in [0.15, 0.2) is 11.4 Å². The zero-order valence-electron chi connectivity index (χ0n) is 14.9. The standard InChI is InChI=1S/C24H18O3/c1-16(2)23(26)27-24(17-10-4-3-5-11-17)20-14-8-6-12-18(20)22(25)19-13-7-9-15-21(19)24/h3-15H,1H2,2H3. The van der Waals surface area contributed by atoms with E-state index in [1.807, 2.05) is 66.7 Å². The summed E-state index contributed by atoms with van der Waals surface area (Å²) < 4.78 is 6.14. The van der Waals surface area contributed by atoms with Crippen LogP contribution in [-0.4, -0.2) is 11.8 Å². The molecule has 1 aliphatic rings. The summed E-state index contributed by atoms with van der Waals surface area (Å²) in [5.41, 5.74) is 2.27. The third-order valence-corrected chi connectivity index (χ3v) is 4.88. The van der Waals surface area contributed by atoms with Crippen LogP contribution >= 0.6 is 0 Å². The van der Waals surface area contributed by atoms with Crippen LogP contribution in [0.25, 0.3) is 0 Å². The molecule has 4 rings (SSSR count). The maximum absolute atomic E-state index is 13.1. The molecule has 0 aromatic heterocycles. The number of rotatable bonds is 3. The number of hydrogen-bond donors (Lipinski definition) is 0. The molecule has 0 atom stereocenters. The summed E-state index contributed by atoms with van der Waals surface area (Å²) in [5, 5.41) is 0. The molecular weight excluding hydrogens is 336 g/mol. The molecular formula is C24H18O3. The van der Waals surface area contributed by atoms with E-state index in [0.29, 0.717) is 27.8 Å². The van der Waals surface area contributed by atoms with Crippen LogP contribution in [0.2, 0.25) is 0 Å². The molecule has 3 aromatic rings. The Bertz CT molecular complexity index is 1010. The van der Waals surface area contributed by atoms with Gasteiger partial charge in [-0.05, 0) is 6.92 Å². The summed E-state index contributed by atoms with van der Waals surface area (Å²) in [6.45, 7) is 5.35. The van der Waals surface area contributed by atoms with Crippen LogP contribution in [0.1, 0.15) is 39.5 Å². The van der Waals surface area contributed by atoms with E-state index in [1.165, 1.54) is 0 Å². The minimum atomic E-state index is -1.21. The molecule has 0 saturated carbocycles. The van der Waals surface area contributed by atoms with Crippen LogP contribution < -0.4 is 0 Å². The van der Waals surface area contributed by atoms with Crippen molar-refractivity contribution in [3.05, 3.63) is 119 Å². The van der Waals surface area contributed by atoms with Crippen molar-refractivity contribution >= 4 is 11.8 Å². The molecule has 0 spiro atoms. The molecule has 3 aromatic carbocycles. The summed E-state index contributed by atoms with van der Waals surface area (Å²) in [6, 6.07) is 24.1. The lowest BCUT2D eigenvalue weighted by Gasteiger charge is -2.40. The van der Waals surface area contributed by atoms with Gasteiger partial charge in [-0.3, -0.25) is 4.79 Å². The van der Waals surface area contributed by atoms with Crippen LogP contribution in [0, 0.1) is 0 Å². The summed E-state index contributed by atoms with van der Waals surface area (Å²) in [7, 11) is 0. The first-order valence-corrected chi connectivity index (χ1v) is 8.74. The van der Waals surface area contributed by atoms with Crippen molar-refractivity contribution in [2.24, 2.45) is 0 Å². The molecule has 0 N–H and O–H groups in total. The summed E-state index contributed by atoms with van der Waals surface area (Å²) in [5.74, 6) is -0.572. The molecule has 3 nitrogen and oxygen atoms in total. The Morgan fingerprint density at radius 3 is 1.81 bits per heavy atom. The van der Waals surface area contributed by atoms with Crippen LogP contribution in [0.4, 0.5) is 0 Å². The van der Waals surface area contributed by atoms with E-state index in [9.17, 15) is 9.59 Å². The first-order valence-electron chi connectivity index (χ1n) is 8.74. The van der Waals surface area contributed by atoms with Gasteiger partial charge in [-0.15, -0.1) is 0 Å². The second-order valence-electron chi connectivity index (χ2n) is 6.64. The Balaban J connectivity index is 2.12. The zero-order chi connectivity index (χ0) is 19.0. The minimum Gasteiger partial charge on any atom is -0.441 e. The fourth-order valence-corrected chi connectivity index (χ4v) is 3.65. The van der Waals surface area contributed by atoms with Gasteiger partial charge in [0.1, 0.15) is 0 Å². The fraction of sp³-hybridized carbons (Fsp3) is 0.0833. The predicted octanol–water partition coefficient (Wildman–Crippen LogP) is 4.64. The monoisotopic (exact) mass is 354 g/mol. The zero-order valence-corrected chi connectivity index (χ0v) is 14.9. The van der Waals surface area contributed by atoms with Gasteiger partial charge in [-0.1, -0.05) is 85.4 Å². The van der Waals surface area contributed by atoms with E-state index in [2.05, 4.69) is 6.58 Å². The molecule has 0 amide bonds. The average Bonchev–Trinajstić information content (AvgIpc) is 2.71. The molecule has 0 bridgehead atoms. The first-order chi connectivity index (χ1) is 13.1. The van der Waals surface area contributed by atoms with E-state index in [1.54, 1.807) is 19.1 Å². The van der Waals surface area contributed by atoms with E-state index < -0.39 is 11.6 Å². The van der Waals surface area contributed by atoms with E-state index in [0.717, 1.165) is 5.56 Å². The number of ketones is 1. The average molecular weight is 354 g/mol. The highest BCUT2D eigenvalue weighted by Crippen LogP contribution is 2.47. The number of fused-ring (bicyclic) bond motifs is 2. The number of benzene rings is 3. The number of esters is 1. The largest absolute Gasteiger partial charge is 0.441 e. The van der Waals surface area contributed by atoms with Crippen molar-refractivity contribution < 1.29 is 14.3 Å². The SMILES string of the molecule is C=C(C)C(=O)OC1(c2ccccc2)c2ccccc2C(=O)c2ccccc21. The molecule has 0 unspecified atom stereocenters. The minimum absolute atomic E-state index is 0.0702. The van der Waals surface area contributed by atoms with Gasteiger partial charge in [-0.25, -0.2) is 4.79 Å². The predicted molar refractivity (Wildman–Crippen MR) is 104 cm³/mol. The van der Waals surface area contributed by atoms with Crippen molar-refractivity contribution in [2.45, 2.75) is 12.5 Å². The molecule has 0 fully saturated rings. The van der Waals surface area contributed by atoms with E-state index >= 15 is 0 Å². The van der Waals surface area contributed by atoms with Gasteiger partial charge in [0.2, 0.25) is 0 Å². The Morgan fingerprint density at radius 1 is 0.815 bits per heavy atom. The second-order valence-corrected chi connectivity index (χ2v) is 6.64. The van der Waals surface area contributed by atoms with Crippen molar-refractivity contribution in [1.82, 2.24) is 0 Å². The molecule has 0 radical (unpaired) electrons. The van der Waals surface area contributed by atoms with Gasteiger partial charge < -0.3 is 4.74 Å². The Labute approximate surface area is 157 Å². The first kappa shape index (κ1) is 17.0. The molecule has 0 aliphatic heterocycles. The maximum atomic E-state index is 13.1. The third-order valence-electron chi connectivity index (χ3n) is 4.88. The number of carbonyl (C=O) groups is 2. The van der Waals surface area contributed by atoms with Crippen LogP contribution in [0.15, 0.2) is 91.0 Å². The molecule has 27 heavy (non-hydrogen) atoms. The number of ether oxygens (including phenoxy) is 1. The Hall–Kier alpha value is -3.46. The van der Waals surface area contributed by atoms with Gasteiger partial charge in [0.25, 0.3) is 0 Å². The van der Waals surface area contributed by atoms with Crippen molar-refractivity contribution in [3.63, 3.8) is 0 Å². The van der Waals surface area contributed by atoms with Crippen molar-refractivity contribution in [1.29, 1.82) is 0 Å². The summed E-state index contributed by atoms with van der Waals surface area (Å²) in [4.78, 5) is 25.8. The maximum Gasteiger partial charge on any atom is 0.334 e. The highest BCUT2D eigenvalue weighted by atomic mass is 16.6. The lowest BCUT2D eigenvalue weighted by molar-refractivity contribution is -0.148.